The molecule has 0 radical (unpaired) electrons. The Balaban J connectivity index is 2.20. The van der Waals surface area contributed by atoms with E-state index >= 15 is 0 Å². The summed E-state index contributed by atoms with van der Waals surface area (Å²) in [6.45, 7) is 3.39. The molecule has 2 rings (SSSR count). The average molecular weight is 468 g/mol. The number of thioether (sulfide) groups is 1. The molecule has 0 heterocycles. The van der Waals surface area contributed by atoms with Crippen LogP contribution in [-0.4, -0.2) is 62.4 Å². The highest BCUT2D eigenvalue weighted by Gasteiger charge is 2.27. The van der Waals surface area contributed by atoms with Gasteiger partial charge in [0.25, 0.3) is 5.91 Å². The van der Waals surface area contributed by atoms with E-state index in [1.165, 1.54) is 24.9 Å². The third kappa shape index (κ3) is 5.84. The SMILES string of the molecule is CCN(CC)S(=O)(=O)c1cc(C(=O)N(C)CC(=O)Nc2ccccc2SC)ccc1F. The predicted octanol–water partition coefficient (Wildman–Crippen LogP) is 3.29. The van der Waals surface area contributed by atoms with Crippen LogP contribution in [0.2, 0.25) is 0 Å². The quantitative estimate of drug-likeness (QED) is 0.572. The molecule has 0 spiro atoms. The summed E-state index contributed by atoms with van der Waals surface area (Å²) in [5, 5.41) is 2.76. The van der Waals surface area contributed by atoms with Gasteiger partial charge in [-0.05, 0) is 36.6 Å². The Hall–Kier alpha value is -2.43. The van der Waals surface area contributed by atoms with Gasteiger partial charge in [-0.15, -0.1) is 11.8 Å². The van der Waals surface area contributed by atoms with E-state index in [1.54, 1.807) is 26.0 Å². The molecule has 0 unspecified atom stereocenters. The molecule has 31 heavy (non-hydrogen) atoms. The highest BCUT2D eigenvalue weighted by Crippen LogP contribution is 2.25. The van der Waals surface area contributed by atoms with Gasteiger partial charge in [-0.3, -0.25) is 9.59 Å². The van der Waals surface area contributed by atoms with E-state index in [2.05, 4.69) is 5.32 Å². The minimum atomic E-state index is -4.08. The Morgan fingerprint density at radius 1 is 1.10 bits per heavy atom. The Morgan fingerprint density at radius 3 is 2.35 bits per heavy atom. The number of amides is 2. The Bertz CT molecular complexity index is 1060. The highest BCUT2D eigenvalue weighted by atomic mass is 32.2. The highest BCUT2D eigenvalue weighted by molar-refractivity contribution is 7.98. The van der Waals surface area contributed by atoms with Crippen molar-refractivity contribution >= 4 is 39.3 Å². The van der Waals surface area contributed by atoms with Crippen molar-refractivity contribution in [1.29, 1.82) is 0 Å². The topological polar surface area (TPSA) is 86.8 Å². The van der Waals surface area contributed by atoms with Crippen molar-refractivity contribution < 1.29 is 22.4 Å². The molecule has 0 atom stereocenters. The fourth-order valence-corrected chi connectivity index (χ4v) is 5.08. The van der Waals surface area contributed by atoms with Crippen LogP contribution >= 0.6 is 11.8 Å². The number of likely N-dealkylation sites (N-methyl/N-ethyl adjacent to an activating group) is 1. The van der Waals surface area contributed by atoms with Crippen molar-refractivity contribution in [3.05, 3.63) is 53.8 Å². The molecule has 0 saturated carbocycles. The van der Waals surface area contributed by atoms with Crippen molar-refractivity contribution in [3.8, 4) is 0 Å². The maximum atomic E-state index is 14.3. The minimum absolute atomic E-state index is 0.0213. The third-order valence-corrected chi connectivity index (χ3v) is 7.47. The first kappa shape index (κ1) is 24.8. The molecule has 10 heteroatoms. The van der Waals surface area contributed by atoms with Gasteiger partial charge in [0, 0.05) is 30.6 Å². The zero-order valence-electron chi connectivity index (χ0n) is 17.9. The first-order valence-electron chi connectivity index (χ1n) is 9.63. The van der Waals surface area contributed by atoms with Gasteiger partial charge in [-0.1, -0.05) is 26.0 Å². The lowest BCUT2D eigenvalue weighted by Gasteiger charge is -2.20. The molecule has 168 valence electrons. The second kappa shape index (κ2) is 10.7. The maximum absolute atomic E-state index is 14.3. The van der Waals surface area contributed by atoms with Crippen LogP contribution < -0.4 is 5.32 Å². The number of rotatable bonds is 9. The monoisotopic (exact) mass is 467 g/mol. The molecule has 7 nitrogen and oxygen atoms in total. The van der Waals surface area contributed by atoms with E-state index < -0.39 is 32.6 Å². The molecule has 2 amide bonds. The summed E-state index contributed by atoms with van der Waals surface area (Å²) < 4.78 is 40.8. The Labute approximate surface area is 186 Å². The van der Waals surface area contributed by atoms with Crippen LogP contribution in [0, 0.1) is 5.82 Å². The molecule has 1 N–H and O–H groups in total. The van der Waals surface area contributed by atoms with E-state index in [4.69, 9.17) is 0 Å². The first-order chi connectivity index (χ1) is 14.6. The normalized spacial score (nSPS) is 11.4. The molecule has 2 aromatic carbocycles. The molecule has 2 aromatic rings. The van der Waals surface area contributed by atoms with Crippen molar-refractivity contribution in [3.63, 3.8) is 0 Å². The third-order valence-electron chi connectivity index (χ3n) is 4.61. The van der Waals surface area contributed by atoms with Crippen LogP contribution in [0.1, 0.15) is 24.2 Å². The lowest BCUT2D eigenvalue weighted by atomic mass is 10.2. The summed E-state index contributed by atoms with van der Waals surface area (Å²) in [6, 6.07) is 10.4. The molecule has 0 aliphatic rings. The number of halogens is 1. The summed E-state index contributed by atoms with van der Waals surface area (Å²) in [6.07, 6.45) is 1.89. The summed E-state index contributed by atoms with van der Waals surface area (Å²) in [5.41, 5.74) is 0.613. The van der Waals surface area contributed by atoms with E-state index in [0.29, 0.717) is 5.69 Å². The lowest BCUT2D eigenvalue weighted by Crippen LogP contribution is -2.35. The fraction of sp³-hybridized carbons (Fsp3) is 0.333. The van der Waals surface area contributed by atoms with Gasteiger partial charge in [0.05, 0.1) is 12.2 Å². The smallest absolute Gasteiger partial charge is 0.254 e. The molecular weight excluding hydrogens is 441 g/mol. The molecule has 0 saturated heterocycles. The van der Waals surface area contributed by atoms with Crippen LogP contribution in [0.4, 0.5) is 10.1 Å². The molecular formula is C21H26FN3O4S2. The van der Waals surface area contributed by atoms with Crippen LogP contribution in [-0.2, 0) is 14.8 Å². The number of hydrogen-bond acceptors (Lipinski definition) is 5. The Morgan fingerprint density at radius 2 is 1.74 bits per heavy atom. The number of sulfonamides is 1. The second-order valence-electron chi connectivity index (χ2n) is 6.64. The lowest BCUT2D eigenvalue weighted by molar-refractivity contribution is -0.116. The number of benzene rings is 2. The number of nitrogens with one attached hydrogen (secondary N) is 1. The molecule has 0 fully saturated rings. The van der Waals surface area contributed by atoms with Crippen LogP contribution in [0.5, 0.6) is 0 Å². The number of anilines is 1. The number of carbonyl (C=O) groups excluding carboxylic acids is 2. The minimum Gasteiger partial charge on any atom is -0.332 e. The predicted molar refractivity (Wildman–Crippen MR) is 120 cm³/mol. The number of para-hydroxylation sites is 1. The largest absolute Gasteiger partial charge is 0.332 e. The molecule has 0 aliphatic carbocycles. The summed E-state index contributed by atoms with van der Waals surface area (Å²) in [5.74, 6) is -1.93. The van der Waals surface area contributed by atoms with Crippen LogP contribution in [0.25, 0.3) is 0 Å². The second-order valence-corrected chi connectivity index (χ2v) is 9.40. The average Bonchev–Trinajstić information content (AvgIpc) is 2.74. The standard InChI is InChI=1S/C21H26FN3O4S2/c1-5-25(6-2)31(28,29)19-13-15(11-12-16(19)22)21(27)24(3)14-20(26)23-17-9-7-8-10-18(17)30-4/h7-13H,5-6,14H2,1-4H3,(H,23,26). The number of hydrogen-bond donors (Lipinski definition) is 1. The molecule has 0 bridgehead atoms. The summed E-state index contributed by atoms with van der Waals surface area (Å²) >= 11 is 1.48. The zero-order chi connectivity index (χ0) is 23.2. The van der Waals surface area contributed by atoms with Gasteiger partial charge in [0.15, 0.2) is 0 Å². The summed E-state index contributed by atoms with van der Waals surface area (Å²) in [7, 11) is -2.66. The Kier molecular flexibility index (Phi) is 8.60. The van der Waals surface area contributed by atoms with Gasteiger partial charge in [0.2, 0.25) is 15.9 Å². The molecule has 0 aromatic heterocycles. The van der Waals surface area contributed by atoms with Crippen molar-refractivity contribution in [2.24, 2.45) is 0 Å². The van der Waals surface area contributed by atoms with Crippen LogP contribution in [0.3, 0.4) is 0 Å². The van der Waals surface area contributed by atoms with Gasteiger partial charge < -0.3 is 10.2 Å². The van der Waals surface area contributed by atoms with Crippen molar-refractivity contribution in [1.82, 2.24) is 9.21 Å². The van der Waals surface area contributed by atoms with E-state index in [1.807, 2.05) is 18.4 Å². The number of carbonyl (C=O) groups is 2. The fourth-order valence-electron chi connectivity index (χ4n) is 2.98. The van der Waals surface area contributed by atoms with E-state index in [-0.39, 0.29) is 25.2 Å². The molecule has 0 aliphatic heterocycles. The van der Waals surface area contributed by atoms with Gasteiger partial charge in [-0.25, -0.2) is 12.8 Å². The van der Waals surface area contributed by atoms with Gasteiger partial charge >= 0.3 is 0 Å². The van der Waals surface area contributed by atoms with E-state index in [9.17, 15) is 22.4 Å². The number of nitrogens with zero attached hydrogens (tertiary/aromatic N) is 2. The van der Waals surface area contributed by atoms with Crippen molar-refractivity contribution in [2.45, 2.75) is 23.6 Å². The zero-order valence-corrected chi connectivity index (χ0v) is 19.5. The first-order valence-corrected chi connectivity index (χ1v) is 12.3. The van der Waals surface area contributed by atoms with Gasteiger partial charge in [0.1, 0.15) is 10.7 Å². The maximum Gasteiger partial charge on any atom is 0.254 e. The van der Waals surface area contributed by atoms with Gasteiger partial charge in [-0.2, -0.15) is 4.31 Å². The van der Waals surface area contributed by atoms with E-state index in [0.717, 1.165) is 26.2 Å². The van der Waals surface area contributed by atoms with Crippen molar-refractivity contribution in [2.75, 3.05) is 38.3 Å². The summed E-state index contributed by atoms with van der Waals surface area (Å²) in [4.78, 5) is 26.6. The van der Waals surface area contributed by atoms with Crippen LogP contribution in [0.15, 0.2) is 52.3 Å².